The highest BCUT2D eigenvalue weighted by Crippen LogP contribution is 2.28. The average molecular weight is 309 g/mol. The first-order valence-electron chi connectivity index (χ1n) is 8.17. The van der Waals surface area contributed by atoms with E-state index in [-0.39, 0.29) is 24.0 Å². The van der Waals surface area contributed by atoms with Gasteiger partial charge in [-0.2, -0.15) is 0 Å². The Kier molecular flexibility index (Phi) is 4.77. The highest BCUT2D eigenvalue weighted by molar-refractivity contribution is 5.78. The lowest BCUT2D eigenvalue weighted by atomic mass is 9.97. The van der Waals surface area contributed by atoms with Gasteiger partial charge >= 0.3 is 5.97 Å². The summed E-state index contributed by atoms with van der Waals surface area (Å²) in [7, 11) is 0. The Bertz CT molecular complexity index is 600. The molecule has 120 valence electrons. The maximum absolute atomic E-state index is 12.4. The minimum absolute atomic E-state index is 0.0263. The van der Waals surface area contributed by atoms with Crippen LogP contribution in [0, 0.1) is 5.92 Å². The van der Waals surface area contributed by atoms with Crippen LogP contribution in [-0.2, 0) is 22.6 Å². The maximum atomic E-state index is 12.4. The second-order valence-corrected chi connectivity index (χ2v) is 6.32. The van der Waals surface area contributed by atoms with Gasteiger partial charge in [0, 0.05) is 19.0 Å². The molecule has 1 aliphatic rings. The first-order valence-corrected chi connectivity index (χ1v) is 8.17. The van der Waals surface area contributed by atoms with Crippen LogP contribution in [0.4, 0.5) is 0 Å². The monoisotopic (exact) mass is 309 g/mol. The Labute approximate surface area is 137 Å². The number of ether oxygens (including phenoxy) is 1. The van der Waals surface area contributed by atoms with E-state index in [2.05, 4.69) is 36.1 Å². The van der Waals surface area contributed by atoms with Crippen LogP contribution in [0.3, 0.4) is 0 Å². The first-order chi connectivity index (χ1) is 11.1. The Morgan fingerprint density at radius 1 is 0.870 bits per heavy atom. The van der Waals surface area contributed by atoms with Gasteiger partial charge < -0.3 is 4.74 Å². The predicted molar refractivity (Wildman–Crippen MR) is 90.6 cm³/mol. The molecule has 1 saturated heterocycles. The van der Waals surface area contributed by atoms with Crippen molar-refractivity contribution in [1.82, 2.24) is 4.90 Å². The summed E-state index contributed by atoms with van der Waals surface area (Å²) in [5, 5.41) is 0. The number of rotatable bonds is 5. The van der Waals surface area contributed by atoms with Crippen molar-refractivity contribution >= 4 is 5.97 Å². The summed E-state index contributed by atoms with van der Waals surface area (Å²) in [5.41, 5.74) is 2.42. The van der Waals surface area contributed by atoms with Crippen molar-refractivity contribution in [1.29, 1.82) is 0 Å². The summed E-state index contributed by atoms with van der Waals surface area (Å²) in [6, 6.07) is 20.4. The quantitative estimate of drug-likeness (QED) is 0.790. The molecule has 0 aliphatic carbocycles. The topological polar surface area (TPSA) is 29.5 Å². The van der Waals surface area contributed by atoms with E-state index in [0.717, 1.165) is 13.1 Å². The van der Waals surface area contributed by atoms with Crippen LogP contribution in [0.15, 0.2) is 60.7 Å². The van der Waals surface area contributed by atoms with E-state index in [1.165, 1.54) is 11.1 Å². The molecule has 1 aliphatic heterocycles. The Morgan fingerprint density at radius 2 is 1.35 bits per heavy atom. The van der Waals surface area contributed by atoms with Crippen molar-refractivity contribution in [2.45, 2.75) is 39.1 Å². The minimum atomic E-state index is -0.189. The van der Waals surface area contributed by atoms with Crippen LogP contribution >= 0.6 is 0 Å². The zero-order valence-corrected chi connectivity index (χ0v) is 13.7. The molecule has 1 heterocycles. The van der Waals surface area contributed by atoms with Crippen molar-refractivity contribution in [2.24, 2.45) is 5.92 Å². The number of hydrogen-bond donors (Lipinski definition) is 0. The summed E-state index contributed by atoms with van der Waals surface area (Å²) in [6.07, 6.45) is -0.0263. The summed E-state index contributed by atoms with van der Waals surface area (Å²) >= 11 is 0. The molecule has 2 aromatic rings. The van der Waals surface area contributed by atoms with E-state index in [1.54, 1.807) is 0 Å². The summed E-state index contributed by atoms with van der Waals surface area (Å²) in [6.45, 7) is 5.56. The molecule has 1 fully saturated rings. The smallest absolute Gasteiger partial charge is 0.324 e. The van der Waals surface area contributed by atoms with Crippen molar-refractivity contribution in [2.75, 3.05) is 0 Å². The molecule has 0 spiro atoms. The Balaban J connectivity index is 1.85. The number of carbonyl (C=O) groups is 1. The van der Waals surface area contributed by atoms with Gasteiger partial charge in [0.25, 0.3) is 0 Å². The molecule has 3 heteroatoms. The fourth-order valence-electron chi connectivity index (χ4n) is 3.20. The molecule has 0 amide bonds. The van der Waals surface area contributed by atoms with E-state index < -0.39 is 0 Å². The summed E-state index contributed by atoms with van der Waals surface area (Å²) in [5.74, 6) is 0.0896. The van der Waals surface area contributed by atoms with Gasteiger partial charge in [0.2, 0.25) is 0 Å². The normalized spacial score (nSPS) is 24.0. The minimum Gasteiger partial charge on any atom is -0.461 e. The van der Waals surface area contributed by atoms with Crippen molar-refractivity contribution in [3.05, 3.63) is 71.8 Å². The van der Waals surface area contributed by atoms with Crippen LogP contribution in [-0.4, -0.2) is 23.0 Å². The van der Waals surface area contributed by atoms with E-state index in [4.69, 9.17) is 4.74 Å². The first kappa shape index (κ1) is 15.8. The molecule has 3 rings (SSSR count). The third-order valence-corrected chi connectivity index (χ3v) is 4.63. The summed E-state index contributed by atoms with van der Waals surface area (Å²) in [4.78, 5) is 14.6. The molecule has 23 heavy (non-hydrogen) atoms. The second-order valence-electron chi connectivity index (χ2n) is 6.32. The van der Waals surface area contributed by atoms with Crippen LogP contribution < -0.4 is 0 Å². The molecule has 0 bridgehead atoms. The molecule has 3 atom stereocenters. The predicted octanol–water partition coefficient (Wildman–Crippen LogP) is 3.64. The lowest BCUT2D eigenvalue weighted by molar-refractivity contribution is -0.145. The lowest BCUT2D eigenvalue weighted by Gasteiger charge is -2.29. The average Bonchev–Trinajstić information content (AvgIpc) is 2.81. The largest absolute Gasteiger partial charge is 0.461 e. The van der Waals surface area contributed by atoms with Crippen LogP contribution in [0.1, 0.15) is 25.0 Å². The molecular formula is C20H23NO2. The van der Waals surface area contributed by atoms with E-state index >= 15 is 0 Å². The lowest BCUT2D eigenvalue weighted by Crippen LogP contribution is -2.41. The maximum Gasteiger partial charge on any atom is 0.324 e. The second kappa shape index (κ2) is 6.97. The number of nitrogens with zero attached hydrogens (tertiary/aromatic N) is 1. The number of carbonyl (C=O) groups excluding carboxylic acids is 1. The van der Waals surface area contributed by atoms with Gasteiger partial charge in [0.05, 0.1) is 0 Å². The van der Waals surface area contributed by atoms with Gasteiger partial charge in [-0.15, -0.1) is 0 Å². The van der Waals surface area contributed by atoms with Crippen LogP contribution in [0.25, 0.3) is 0 Å². The molecule has 3 unspecified atom stereocenters. The van der Waals surface area contributed by atoms with Crippen molar-refractivity contribution < 1.29 is 9.53 Å². The van der Waals surface area contributed by atoms with E-state index in [9.17, 15) is 4.79 Å². The number of benzene rings is 2. The van der Waals surface area contributed by atoms with Crippen LogP contribution in [0.2, 0.25) is 0 Å². The van der Waals surface area contributed by atoms with Gasteiger partial charge in [-0.3, -0.25) is 9.69 Å². The van der Waals surface area contributed by atoms with E-state index in [1.807, 2.05) is 43.3 Å². The van der Waals surface area contributed by atoms with Gasteiger partial charge in [0.15, 0.2) is 0 Å². The molecule has 0 N–H and O–H groups in total. The Morgan fingerprint density at radius 3 is 1.74 bits per heavy atom. The highest BCUT2D eigenvalue weighted by Gasteiger charge is 2.42. The molecule has 0 saturated carbocycles. The molecule has 0 radical (unpaired) electrons. The zero-order valence-electron chi connectivity index (χ0n) is 13.7. The summed E-state index contributed by atoms with van der Waals surface area (Å²) < 4.78 is 5.46. The zero-order chi connectivity index (χ0) is 16.2. The molecular weight excluding hydrogens is 286 g/mol. The SMILES string of the molecule is CC1OC(=O)C(N(Cc2ccccc2)Cc2ccccc2)C1C. The van der Waals surface area contributed by atoms with Crippen LogP contribution in [0.5, 0.6) is 0 Å². The third-order valence-electron chi connectivity index (χ3n) is 4.63. The van der Waals surface area contributed by atoms with E-state index in [0.29, 0.717) is 0 Å². The molecule has 0 aromatic heterocycles. The number of cyclic esters (lactones) is 1. The van der Waals surface area contributed by atoms with Crippen molar-refractivity contribution in [3.63, 3.8) is 0 Å². The van der Waals surface area contributed by atoms with Gasteiger partial charge in [-0.05, 0) is 18.1 Å². The standard InChI is InChI=1S/C20H23NO2/c1-15-16(2)23-20(22)19(15)21(13-17-9-5-3-6-10-17)14-18-11-7-4-8-12-18/h3-12,15-16,19H,13-14H2,1-2H3. The number of esters is 1. The Hall–Kier alpha value is -2.13. The highest BCUT2D eigenvalue weighted by atomic mass is 16.6. The molecule has 2 aromatic carbocycles. The fourth-order valence-corrected chi connectivity index (χ4v) is 3.20. The third kappa shape index (κ3) is 3.62. The molecule has 3 nitrogen and oxygen atoms in total. The fraction of sp³-hybridized carbons (Fsp3) is 0.350. The van der Waals surface area contributed by atoms with Crippen molar-refractivity contribution in [3.8, 4) is 0 Å². The number of hydrogen-bond acceptors (Lipinski definition) is 3. The van der Waals surface area contributed by atoms with Gasteiger partial charge in [0.1, 0.15) is 12.1 Å². The van der Waals surface area contributed by atoms with Gasteiger partial charge in [-0.25, -0.2) is 0 Å². The van der Waals surface area contributed by atoms with Gasteiger partial charge in [-0.1, -0.05) is 67.6 Å².